The van der Waals surface area contributed by atoms with Crippen molar-refractivity contribution in [1.29, 1.82) is 0 Å². The van der Waals surface area contributed by atoms with Gasteiger partial charge in [0.25, 0.3) is 0 Å². The fourth-order valence-electron chi connectivity index (χ4n) is 1.41. The first-order chi connectivity index (χ1) is 8.11. The van der Waals surface area contributed by atoms with E-state index in [1.54, 1.807) is 0 Å². The highest BCUT2D eigenvalue weighted by Crippen LogP contribution is 1.96. The second kappa shape index (κ2) is 10.5. The summed E-state index contributed by atoms with van der Waals surface area (Å²) in [6.45, 7) is 10.8. The second-order valence-corrected chi connectivity index (χ2v) is 4.49. The second-order valence-electron chi connectivity index (χ2n) is 4.49. The van der Waals surface area contributed by atoms with Crippen molar-refractivity contribution in [2.45, 2.75) is 46.6 Å². The zero-order valence-corrected chi connectivity index (χ0v) is 11.6. The Hall–Kier alpha value is -0.610. The summed E-state index contributed by atoms with van der Waals surface area (Å²) < 4.78 is 10.4. The van der Waals surface area contributed by atoms with E-state index in [4.69, 9.17) is 9.47 Å². The molecular weight excluding hydrogens is 218 g/mol. The predicted molar refractivity (Wildman–Crippen MR) is 69.0 cm³/mol. The summed E-state index contributed by atoms with van der Waals surface area (Å²) in [5.41, 5.74) is 0. The molecule has 0 radical (unpaired) electrons. The molecule has 1 atom stereocenters. The largest absolute Gasteiger partial charge is 0.465 e. The number of carbonyl (C=O) groups is 1. The molecule has 0 spiro atoms. The fourth-order valence-corrected chi connectivity index (χ4v) is 1.41. The van der Waals surface area contributed by atoms with E-state index in [9.17, 15) is 4.79 Å². The summed E-state index contributed by atoms with van der Waals surface area (Å²) in [5.74, 6) is 0.420. The minimum atomic E-state index is -0.181. The molecule has 0 amide bonds. The van der Waals surface area contributed by atoms with Gasteiger partial charge in [-0.3, -0.25) is 4.79 Å². The van der Waals surface area contributed by atoms with Gasteiger partial charge >= 0.3 is 5.97 Å². The zero-order chi connectivity index (χ0) is 13.1. The molecule has 0 aromatic heterocycles. The number of ether oxygens (including phenoxy) is 2. The van der Waals surface area contributed by atoms with Crippen LogP contribution >= 0.6 is 0 Å². The lowest BCUT2D eigenvalue weighted by Gasteiger charge is -2.15. The van der Waals surface area contributed by atoms with Crippen molar-refractivity contribution < 1.29 is 14.3 Å². The SMILES string of the molecule is CCOC(=O)C(CC)NCCCOCC(C)C. The Morgan fingerprint density at radius 3 is 2.53 bits per heavy atom. The van der Waals surface area contributed by atoms with Crippen molar-refractivity contribution >= 4 is 5.97 Å². The highest BCUT2D eigenvalue weighted by molar-refractivity contribution is 5.75. The van der Waals surface area contributed by atoms with E-state index in [0.29, 0.717) is 12.5 Å². The molecule has 1 N–H and O–H groups in total. The van der Waals surface area contributed by atoms with Crippen LogP contribution in [0, 0.1) is 5.92 Å². The number of esters is 1. The van der Waals surface area contributed by atoms with Gasteiger partial charge in [-0.15, -0.1) is 0 Å². The molecule has 0 fully saturated rings. The highest BCUT2D eigenvalue weighted by Gasteiger charge is 2.15. The van der Waals surface area contributed by atoms with Crippen LogP contribution in [-0.2, 0) is 14.3 Å². The Bertz CT molecular complexity index is 195. The smallest absolute Gasteiger partial charge is 0.323 e. The van der Waals surface area contributed by atoms with Crippen LogP contribution in [0.1, 0.15) is 40.5 Å². The van der Waals surface area contributed by atoms with Crippen molar-refractivity contribution in [3.8, 4) is 0 Å². The summed E-state index contributed by atoms with van der Waals surface area (Å²) in [7, 11) is 0. The minimum Gasteiger partial charge on any atom is -0.465 e. The molecule has 0 heterocycles. The fraction of sp³-hybridized carbons (Fsp3) is 0.923. The number of carbonyl (C=O) groups excluding carboxylic acids is 1. The third kappa shape index (κ3) is 9.12. The lowest BCUT2D eigenvalue weighted by atomic mass is 10.2. The molecule has 0 aliphatic heterocycles. The normalized spacial score (nSPS) is 12.8. The van der Waals surface area contributed by atoms with Crippen LogP contribution in [0.25, 0.3) is 0 Å². The van der Waals surface area contributed by atoms with Crippen LogP contribution in [0.15, 0.2) is 0 Å². The third-order valence-electron chi connectivity index (χ3n) is 2.29. The van der Waals surface area contributed by atoms with Gasteiger partial charge in [-0.05, 0) is 32.2 Å². The van der Waals surface area contributed by atoms with Crippen LogP contribution in [0.4, 0.5) is 0 Å². The van der Waals surface area contributed by atoms with Crippen LogP contribution < -0.4 is 5.32 Å². The molecule has 4 heteroatoms. The molecule has 0 saturated heterocycles. The lowest BCUT2D eigenvalue weighted by Crippen LogP contribution is -2.38. The van der Waals surface area contributed by atoms with Crippen LogP contribution in [-0.4, -0.2) is 38.4 Å². The number of rotatable bonds is 10. The topological polar surface area (TPSA) is 47.6 Å². The number of nitrogens with one attached hydrogen (secondary N) is 1. The number of hydrogen-bond donors (Lipinski definition) is 1. The summed E-state index contributed by atoms with van der Waals surface area (Å²) in [6.07, 6.45) is 1.67. The van der Waals surface area contributed by atoms with E-state index in [0.717, 1.165) is 32.6 Å². The quantitative estimate of drug-likeness (QED) is 0.472. The first-order valence-corrected chi connectivity index (χ1v) is 6.59. The first kappa shape index (κ1) is 16.4. The van der Waals surface area contributed by atoms with Gasteiger partial charge in [0.05, 0.1) is 6.61 Å². The monoisotopic (exact) mass is 245 g/mol. The molecule has 0 aromatic carbocycles. The Kier molecular flexibility index (Phi) is 10.2. The van der Waals surface area contributed by atoms with Crippen molar-refractivity contribution in [1.82, 2.24) is 5.32 Å². The van der Waals surface area contributed by atoms with Gasteiger partial charge in [-0.2, -0.15) is 0 Å². The molecule has 0 aliphatic rings. The van der Waals surface area contributed by atoms with E-state index >= 15 is 0 Å². The first-order valence-electron chi connectivity index (χ1n) is 6.59. The third-order valence-corrected chi connectivity index (χ3v) is 2.29. The molecule has 0 aromatic rings. The Labute approximate surface area is 105 Å². The maximum Gasteiger partial charge on any atom is 0.323 e. The van der Waals surface area contributed by atoms with Gasteiger partial charge < -0.3 is 14.8 Å². The molecular formula is C13H27NO3. The van der Waals surface area contributed by atoms with E-state index < -0.39 is 0 Å². The molecule has 17 heavy (non-hydrogen) atoms. The van der Waals surface area contributed by atoms with E-state index in [2.05, 4.69) is 19.2 Å². The molecule has 0 rings (SSSR count). The molecule has 0 bridgehead atoms. The average Bonchev–Trinajstić information content (AvgIpc) is 2.28. The maximum atomic E-state index is 11.5. The van der Waals surface area contributed by atoms with Gasteiger partial charge in [-0.1, -0.05) is 20.8 Å². The van der Waals surface area contributed by atoms with Gasteiger partial charge in [0.2, 0.25) is 0 Å². The van der Waals surface area contributed by atoms with Gasteiger partial charge in [-0.25, -0.2) is 0 Å². The molecule has 4 nitrogen and oxygen atoms in total. The van der Waals surface area contributed by atoms with Crippen molar-refractivity contribution in [2.75, 3.05) is 26.4 Å². The van der Waals surface area contributed by atoms with Crippen LogP contribution in [0.5, 0.6) is 0 Å². The van der Waals surface area contributed by atoms with E-state index in [1.165, 1.54) is 0 Å². The Morgan fingerprint density at radius 2 is 2.00 bits per heavy atom. The van der Waals surface area contributed by atoms with Crippen molar-refractivity contribution in [3.63, 3.8) is 0 Å². The van der Waals surface area contributed by atoms with Crippen LogP contribution in [0.3, 0.4) is 0 Å². The Morgan fingerprint density at radius 1 is 1.29 bits per heavy atom. The predicted octanol–water partition coefficient (Wildman–Crippen LogP) is 1.98. The van der Waals surface area contributed by atoms with Crippen LogP contribution in [0.2, 0.25) is 0 Å². The highest BCUT2D eigenvalue weighted by atomic mass is 16.5. The lowest BCUT2D eigenvalue weighted by molar-refractivity contribution is -0.145. The van der Waals surface area contributed by atoms with Crippen molar-refractivity contribution in [3.05, 3.63) is 0 Å². The Balaban J connectivity index is 3.53. The minimum absolute atomic E-state index is 0.155. The molecule has 102 valence electrons. The molecule has 0 aliphatic carbocycles. The summed E-state index contributed by atoms with van der Waals surface area (Å²) >= 11 is 0. The summed E-state index contributed by atoms with van der Waals surface area (Å²) in [4.78, 5) is 11.5. The zero-order valence-electron chi connectivity index (χ0n) is 11.6. The van der Waals surface area contributed by atoms with Gasteiger partial charge in [0.1, 0.15) is 6.04 Å². The summed E-state index contributed by atoms with van der Waals surface area (Å²) in [5, 5.41) is 3.19. The van der Waals surface area contributed by atoms with E-state index in [-0.39, 0.29) is 12.0 Å². The summed E-state index contributed by atoms with van der Waals surface area (Å²) in [6, 6.07) is -0.181. The van der Waals surface area contributed by atoms with Gasteiger partial charge in [0.15, 0.2) is 0 Å². The molecule has 1 unspecified atom stereocenters. The maximum absolute atomic E-state index is 11.5. The standard InChI is InChI=1S/C13H27NO3/c1-5-12(13(15)17-6-2)14-8-7-9-16-10-11(3)4/h11-12,14H,5-10H2,1-4H3. The average molecular weight is 245 g/mol. The van der Waals surface area contributed by atoms with Gasteiger partial charge in [0, 0.05) is 13.2 Å². The molecule has 0 saturated carbocycles. The van der Waals surface area contributed by atoms with E-state index in [1.807, 2.05) is 13.8 Å². The van der Waals surface area contributed by atoms with Crippen molar-refractivity contribution in [2.24, 2.45) is 5.92 Å². The number of hydrogen-bond acceptors (Lipinski definition) is 4.